The zero-order valence-corrected chi connectivity index (χ0v) is 8.48. The molecule has 0 amide bonds. The average molecular weight is 201 g/mol. The largest absolute Gasteiger partial charge is 0.402 e. The highest BCUT2D eigenvalue weighted by atomic mass is 14.8. The molecule has 0 saturated heterocycles. The SMILES string of the molecule is NC1=CC(N)(c2ccccc2)CC(N)=C1. The summed E-state index contributed by atoms with van der Waals surface area (Å²) < 4.78 is 0. The Balaban J connectivity index is 2.42. The van der Waals surface area contributed by atoms with Gasteiger partial charge in [-0.1, -0.05) is 30.3 Å². The summed E-state index contributed by atoms with van der Waals surface area (Å²) in [4.78, 5) is 0. The summed E-state index contributed by atoms with van der Waals surface area (Å²) in [6.07, 6.45) is 4.23. The Kier molecular flexibility index (Phi) is 2.25. The van der Waals surface area contributed by atoms with Crippen molar-refractivity contribution in [2.24, 2.45) is 17.2 Å². The monoisotopic (exact) mass is 201 g/mol. The van der Waals surface area contributed by atoms with Gasteiger partial charge in [0.15, 0.2) is 0 Å². The zero-order chi connectivity index (χ0) is 10.9. The summed E-state index contributed by atoms with van der Waals surface area (Å²) >= 11 is 0. The number of hydrogen-bond donors (Lipinski definition) is 3. The van der Waals surface area contributed by atoms with Crippen molar-refractivity contribution < 1.29 is 0 Å². The highest BCUT2D eigenvalue weighted by Crippen LogP contribution is 2.29. The molecule has 1 aliphatic carbocycles. The maximum absolute atomic E-state index is 6.28. The molecular weight excluding hydrogens is 186 g/mol. The van der Waals surface area contributed by atoms with Crippen LogP contribution in [0.15, 0.2) is 53.9 Å². The summed E-state index contributed by atoms with van der Waals surface area (Å²) in [6, 6.07) is 9.86. The third-order valence-electron chi connectivity index (χ3n) is 2.58. The third-order valence-corrected chi connectivity index (χ3v) is 2.58. The number of benzene rings is 1. The quantitative estimate of drug-likeness (QED) is 0.632. The van der Waals surface area contributed by atoms with E-state index in [1.54, 1.807) is 6.08 Å². The van der Waals surface area contributed by atoms with Gasteiger partial charge < -0.3 is 17.2 Å². The van der Waals surface area contributed by atoms with E-state index in [1.165, 1.54) is 0 Å². The zero-order valence-electron chi connectivity index (χ0n) is 8.48. The second-order valence-corrected chi connectivity index (χ2v) is 3.95. The molecule has 0 aliphatic heterocycles. The molecule has 1 aliphatic rings. The highest BCUT2D eigenvalue weighted by molar-refractivity contribution is 5.39. The molecule has 0 fully saturated rings. The Bertz CT molecular complexity index is 420. The standard InChI is InChI=1S/C12H15N3/c13-10-6-11(14)8-12(15,7-10)9-4-2-1-3-5-9/h1-7H,8,13-15H2. The van der Waals surface area contributed by atoms with Crippen LogP contribution in [0.4, 0.5) is 0 Å². The molecule has 3 heteroatoms. The molecule has 6 N–H and O–H groups in total. The molecule has 0 radical (unpaired) electrons. The van der Waals surface area contributed by atoms with E-state index >= 15 is 0 Å². The van der Waals surface area contributed by atoms with Crippen molar-refractivity contribution in [3.05, 3.63) is 59.4 Å². The van der Waals surface area contributed by atoms with Gasteiger partial charge in [0.05, 0.1) is 5.54 Å². The molecule has 2 rings (SSSR count). The fourth-order valence-corrected chi connectivity index (χ4v) is 1.93. The van der Waals surface area contributed by atoms with E-state index in [-0.39, 0.29) is 0 Å². The van der Waals surface area contributed by atoms with E-state index in [4.69, 9.17) is 17.2 Å². The first-order valence-electron chi connectivity index (χ1n) is 4.89. The van der Waals surface area contributed by atoms with Crippen LogP contribution in [-0.2, 0) is 5.54 Å². The van der Waals surface area contributed by atoms with Crippen LogP contribution < -0.4 is 17.2 Å². The fraction of sp³-hybridized carbons (Fsp3) is 0.167. The van der Waals surface area contributed by atoms with Gasteiger partial charge in [-0.3, -0.25) is 0 Å². The molecule has 0 heterocycles. The predicted octanol–water partition coefficient (Wildman–Crippen LogP) is 0.929. The van der Waals surface area contributed by atoms with Gasteiger partial charge in [0.1, 0.15) is 0 Å². The molecule has 0 spiro atoms. The maximum Gasteiger partial charge on any atom is 0.0673 e. The van der Waals surface area contributed by atoms with Gasteiger partial charge in [-0.2, -0.15) is 0 Å². The molecule has 3 nitrogen and oxygen atoms in total. The average Bonchev–Trinajstić information content (AvgIpc) is 2.17. The first-order chi connectivity index (χ1) is 7.10. The van der Waals surface area contributed by atoms with Gasteiger partial charge >= 0.3 is 0 Å². The van der Waals surface area contributed by atoms with E-state index in [0.717, 1.165) is 11.3 Å². The minimum atomic E-state index is -0.565. The second-order valence-electron chi connectivity index (χ2n) is 3.95. The van der Waals surface area contributed by atoms with Crippen LogP contribution in [0.2, 0.25) is 0 Å². The summed E-state index contributed by atoms with van der Waals surface area (Å²) in [5.74, 6) is 0. The minimum absolute atomic E-state index is 0.565. The maximum atomic E-state index is 6.28. The topological polar surface area (TPSA) is 78.1 Å². The summed E-state index contributed by atoms with van der Waals surface area (Å²) in [5, 5.41) is 0. The Morgan fingerprint density at radius 2 is 1.73 bits per heavy atom. The first kappa shape index (κ1) is 9.80. The van der Waals surface area contributed by atoms with Crippen LogP contribution in [-0.4, -0.2) is 0 Å². The minimum Gasteiger partial charge on any atom is -0.402 e. The number of allylic oxidation sites excluding steroid dienone is 1. The lowest BCUT2D eigenvalue weighted by molar-refractivity contribution is 0.540. The van der Waals surface area contributed by atoms with Gasteiger partial charge in [0.25, 0.3) is 0 Å². The number of hydrogen-bond acceptors (Lipinski definition) is 3. The molecule has 0 bridgehead atoms. The van der Waals surface area contributed by atoms with Gasteiger partial charge in [0.2, 0.25) is 0 Å². The predicted molar refractivity (Wildman–Crippen MR) is 61.5 cm³/mol. The molecule has 15 heavy (non-hydrogen) atoms. The molecule has 0 aromatic heterocycles. The summed E-state index contributed by atoms with van der Waals surface area (Å²) in [5.41, 5.74) is 19.7. The van der Waals surface area contributed by atoms with Crippen molar-refractivity contribution in [3.63, 3.8) is 0 Å². The lowest BCUT2D eigenvalue weighted by atomic mass is 9.83. The van der Waals surface area contributed by atoms with Crippen LogP contribution in [0, 0.1) is 0 Å². The van der Waals surface area contributed by atoms with Crippen molar-refractivity contribution in [3.8, 4) is 0 Å². The Morgan fingerprint density at radius 1 is 1.07 bits per heavy atom. The number of nitrogens with two attached hydrogens (primary N) is 3. The van der Waals surface area contributed by atoms with E-state index in [2.05, 4.69) is 0 Å². The van der Waals surface area contributed by atoms with E-state index in [0.29, 0.717) is 12.1 Å². The lowest BCUT2D eigenvalue weighted by Crippen LogP contribution is -2.38. The van der Waals surface area contributed by atoms with Gasteiger partial charge in [0, 0.05) is 17.8 Å². The first-order valence-corrected chi connectivity index (χ1v) is 4.89. The van der Waals surface area contributed by atoms with Crippen molar-refractivity contribution in [1.82, 2.24) is 0 Å². The van der Waals surface area contributed by atoms with E-state index in [1.807, 2.05) is 36.4 Å². The number of rotatable bonds is 1. The molecule has 78 valence electrons. The fourth-order valence-electron chi connectivity index (χ4n) is 1.93. The smallest absolute Gasteiger partial charge is 0.0673 e. The van der Waals surface area contributed by atoms with Crippen LogP contribution >= 0.6 is 0 Å². The summed E-state index contributed by atoms with van der Waals surface area (Å²) in [6.45, 7) is 0. The van der Waals surface area contributed by atoms with Crippen molar-refractivity contribution in [2.75, 3.05) is 0 Å². The van der Waals surface area contributed by atoms with Crippen LogP contribution in [0.3, 0.4) is 0 Å². The molecule has 1 aromatic carbocycles. The van der Waals surface area contributed by atoms with Crippen molar-refractivity contribution >= 4 is 0 Å². The molecule has 1 aromatic rings. The van der Waals surface area contributed by atoms with Crippen LogP contribution in [0.1, 0.15) is 12.0 Å². The Labute approximate surface area is 89.3 Å². The van der Waals surface area contributed by atoms with Gasteiger partial charge in [-0.25, -0.2) is 0 Å². The molecule has 0 saturated carbocycles. The molecular formula is C12H15N3. The third kappa shape index (κ3) is 1.87. The molecule has 1 unspecified atom stereocenters. The van der Waals surface area contributed by atoms with E-state index in [9.17, 15) is 0 Å². The van der Waals surface area contributed by atoms with E-state index < -0.39 is 5.54 Å². The van der Waals surface area contributed by atoms with Crippen molar-refractivity contribution in [1.29, 1.82) is 0 Å². The van der Waals surface area contributed by atoms with Gasteiger partial charge in [-0.05, 0) is 17.7 Å². The van der Waals surface area contributed by atoms with Crippen molar-refractivity contribution in [2.45, 2.75) is 12.0 Å². The highest BCUT2D eigenvalue weighted by Gasteiger charge is 2.28. The molecule has 1 atom stereocenters. The Morgan fingerprint density at radius 3 is 2.33 bits per heavy atom. The van der Waals surface area contributed by atoms with Gasteiger partial charge in [-0.15, -0.1) is 0 Å². The second kappa shape index (κ2) is 3.44. The lowest BCUT2D eigenvalue weighted by Gasteiger charge is -2.30. The van der Waals surface area contributed by atoms with Crippen LogP contribution in [0.5, 0.6) is 0 Å². The Hall–Kier alpha value is -1.74. The normalized spacial score (nSPS) is 25.7. The summed E-state index contributed by atoms with van der Waals surface area (Å²) in [7, 11) is 0. The van der Waals surface area contributed by atoms with Crippen LogP contribution in [0.25, 0.3) is 0 Å².